The Labute approximate surface area is 180 Å². The van der Waals surface area contributed by atoms with Crippen LogP contribution in [0.25, 0.3) is 11.3 Å². The number of aryl methyl sites for hydroxylation is 4. The summed E-state index contributed by atoms with van der Waals surface area (Å²) in [6, 6.07) is 5.64. The molecule has 1 aromatic carbocycles. The molecule has 0 atom stereocenters. The van der Waals surface area contributed by atoms with E-state index >= 15 is 0 Å². The normalized spacial score (nSPS) is 14.0. The van der Waals surface area contributed by atoms with Crippen LogP contribution in [0.2, 0.25) is 0 Å². The Bertz CT molecular complexity index is 1050. The van der Waals surface area contributed by atoms with E-state index in [9.17, 15) is 9.18 Å². The number of hydrogen-bond acceptors (Lipinski definition) is 4. The number of carbonyl (C=O) groups is 1. The van der Waals surface area contributed by atoms with Crippen molar-refractivity contribution in [2.24, 2.45) is 0 Å². The Morgan fingerprint density at radius 3 is 2.53 bits per heavy atom. The van der Waals surface area contributed by atoms with E-state index in [1.54, 1.807) is 29.9 Å². The minimum Gasteiger partial charge on any atom is -0.340 e. The van der Waals surface area contributed by atoms with Crippen LogP contribution in [-0.4, -0.2) is 38.7 Å². The first kappa shape index (κ1) is 20.7. The maximum absolute atomic E-state index is 14.0. The van der Waals surface area contributed by atoms with Crippen molar-refractivity contribution >= 4 is 17.2 Å². The van der Waals surface area contributed by atoms with Gasteiger partial charge in [0.2, 0.25) is 5.91 Å². The Kier molecular flexibility index (Phi) is 5.73. The maximum Gasteiger partial charge on any atom is 0.244 e. The molecule has 5 nitrogen and oxygen atoms in total. The van der Waals surface area contributed by atoms with Gasteiger partial charge in [0.05, 0.1) is 16.4 Å². The molecule has 0 saturated heterocycles. The highest BCUT2D eigenvalue weighted by atomic mass is 32.1. The molecule has 0 bridgehead atoms. The molecule has 3 aromatic rings. The Morgan fingerprint density at radius 2 is 1.83 bits per heavy atom. The van der Waals surface area contributed by atoms with Gasteiger partial charge in [-0.2, -0.15) is 5.10 Å². The fraction of sp³-hybridized carbons (Fsp3) is 0.435. The smallest absolute Gasteiger partial charge is 0.244 e. The van der Waals surface area contributed by atoms with Gasteiger partial charge in [-0.25, -0.2) is 9.37 Å². The van der Waals surface area contributed by atoms with Crippen LogP contribution in [0, 0.1) is 26.6 Å². The molecule has 1 aliphatic heterocycles. The van der Waals surface area contributed by atoms with E-state index in [2.05, 4.69) is 11.9 Å². The number of thiazole rings is 1. The quantitative estimate of drug-likeness (QED) is 0.626. The van der Waals surface area contributed by atoms with Crippen LogP contribution in [0.5, 0.6) is 0 Å². The highest BCUT2D eigenvalue weighted by Crippen LogP contribution is 2.25. The molecule has 30 heavy (non-hydrogen) atoms. The van der Waals surface area contributed by atoms with E-state index in [1.165, 1.54) is 4.88 Å². The molecule has 3 heterocycles. The molecule has 0 aliphatic carbocycles. The van der Waals surface area contributed by atoms with E-state index < -0.39 is 0 Å². The van der Waals surface area contributed by atoms with E-state index in [0.717, 1.165) is 53.5 Å². The minimum absolute atomic E-state index is 0.0812. The van der Waals surface area contributed by atoms with Crippen LogP contribution < -0.4 is 0 Å². The van der Waals surface area contributed by atoms with Crippen LogP contribution in [0.1, 0.15) is 39.3 Å². The van der Waals surface area contributed by atoms with Crippen molar-refractivity contribution in [3.05, 3.63) is 56.4 Å². The van der Waals surface area contributed by atoms with Crippen molar-refractivity contribution in [2.75, 3.05) is 13.1 Å². The van der Waals surface area contributed by atoms with E-state index in [4.69, 9.17) is 5.10 Å². The molecular weight excluding hydrogens is 399 g/mol. The lowest BCUT2D eigenvalue weighted by Crippen LogP contribution is -2.36. The molecule has 0 radical (unpaired) electrons. The summed E-state index contributed by atoms with van der Waals surface area (Å²) in [5, 5.41) is 5.80. The van der Waals surface area contributed by atoms with Crippen molar-refractivity contribution < 1.29 is 9.18 Å². The first-order valence-corrected chi connectivity index (χ1v) is 11.2. The van der Waals surface area contributed by atoms with Crippen LogP contribution in [0.15, 0.2) is 18.2 Å². The Morgan fingerprint density at radius 1 is 1.13 bits per heavy atom. The first-order valence-electron chi connectivity index (χ1n) is 10.4. The average Bonchev–Trinajstić information content (AvgIpc) is 3.22. The van der Waals surface area contributed by atoms with Gasteiger partial charge in [0, 0.05) is 42.1 Å². The zero-order valence-corrected chi connectivity index (χ0v) is 18.8. The standard InChI is InChI=1S/C23H27FN4OS/c1-5-18-12-20(17-10-14(2)23(24)15(3)11-17)26-28(18)13-22(29)27-8-6-19-21(7-9-27)30-16(4)25-19/h10-12H,5-9,13H2,1-4H3. The molecule has 2 aromatic heterocycles. The molecule has 0 fully saturated rings. The summed E-state index contributed by atoms with van der Waals surface area (Å²) in [6.45, 7) is 9.26. The fourth-order valence-electron chi connectivity index (χ4n) is 4.08. The van der Waals surface area contributed by atoms with Gasteiger partial charge < -0.3 is 4.90 Å². The van der Waals surface area contributed by atoms with Gasteiger partial charge in [-0.15, -0.1) is 11.3 Å². The van der Waals surface area contributed by atoms with Crippen molar-refractivity contribution in [2.45, 2.75) is 53.5 Å². The third-order valence-electron chi connectivity index (χ3n) is 5.71. The highest BCUT2D eigenvalue weighted by molar-refractivity contribution is 7.11. The van der Waals surface area contributed by atoms with Gasteiger partial charge in [-0.1, -0.05) is 6.92 Å². The van der Waals surface area contributed by atoms with Crippen molar-refractivity contribution in [1.82, 2.24) is 19.7 Å². The lowest BCUT2D eigenvalue weighted by molar-refractivity contribution is -0.132. The van der Waals surface area contributed by atoms with Crippen LogP contribution in [0.3, 0.4) is 0 Å². The largest absolute Gasteiger partial charge is 0.340 e. The van der Waals surface area contributed by atoms with E-state index in [1.807, 2.05) is 30.0 Å². The summed E-state index contributed by atoms with van der Waals surface area (Å²) >= 11 is 1.74. The first-order chi connectivity index (χ1) is 14.4. The predicted molar refractivity (Wildman–Crippen MR) is 117 cm³/mol. The van der Waals surface area contributed by atoms with Gasteiger partial charge in [0.15, 0.2) is 0 Å². The Balaban J connectivity index is 1.52. The second-order valence-corrected chi connectivity index (χ2v) is 9.23. The fourth-order valence-corrected chi connectivity index (χ4v) is 5.05. The topological polar surface area (TPSA) is 51.0 Å². The van der Waals surface area contributed by atoms with Crippen LogP contribution in [0.4, 0.5) is 4.39 Å². The molecule has 1 amide bonds. The molecule has 0 saturated carbocycles. The van der Waals surface area contributed by atoms with Crippen molar-refractivity contribution in [3.8, 4) is 11.3 Å². The second kappa shape index (κ2) is 8.30. The minimum atomic E-state index is -0.177. The number of carbonyl (C=O) groups excluding carboxylic acids is 1. The lowest BCUT2D eigenvalue weighted by Gasteiger charge is -2.20. The molecule has 0 spiro atoms. The van der Waals surface area contributed by atoms with E-state index in [-0.39, 0.29) is 18.3 Å². The molecule has 1 aliphatic rings. The van der Waals surface area contributed by atoms with Crippen molar-refractivity contribution in [3.63, 3.8) is 0 Å². The number of nitrogens with zero attached hydrogens (tertiary/aromatic N) is 4. The summed E-state index contributed by atoms with van der Waals surface area (Å²) in [7, 11) is 0. The van der Waals surface area contributed by atoms with Gasteiger partial charge in [-0.05, 0) is 56.5 Å². The van der Waals surface area contributed by atoms with Gasteiger partial charge in [-0.3, -0.25) is 9.48 Å². The third kappa shape index (κ3) is 4.03. The lowest BCUT2D eigenvalue weighted by atomic mass is 10.0. The highest BCUT2D eigenvalue weighted by Gasteiger charge is 2.22. The zero-order valence-electron chi connectivity index (χ0n) is 18.0. The summed E-state index contributed by atoms with van der Waals surface area (Å²) in [6.07, 6.45) is 2.45. The van der Waals surface area contributed by atoms with Gasteiger partial charge in [0.1, 0.15) is 12.4 Å². The predicted octanol–water partition coefficient (Wildman–Crippen LogP) is 4.26. The van der Waals surface area contributed by atoms with Gasteiger partial charge in [0.25, 0.3) is 0 Å². The van der Waals surface area contributed by atoms with Gasteiger partial charge >= 0.3 is 0 Å². The number of amides is 1. The second-order valence-electron chi connectivity index (χ2n) is 7.94. The molecule has 0 N–H and O–H groups in total. The van der Waals surface area contributed by atoms with E-state index in [0.29, 0.717) is 17.7 Å². The molecule has 0 unspecified atom stereocenters. The number of fused-ring (bicyclic) bond motifs is 1. The SMILES string of the molecule is CCc1cc(-c2cc(C)c(F)c(C)c2)nn1CC(=O)N1CCc2nc(C)sc2CC1. The summed E-state index contributed by atoms with van der Waals surface area (Å²) < 4.78 is 15.8. The summed E-state index contributed by atoms with van der Waals surface area (Å²) in [5.74, 6) is -0.0962. The average molecular weight is 427 g/mol. The maximum atomic E-state index is 14.0. The monoisotopic (exact) mass is 426 g/mol. The number of rotatable bonds is 4. The molecule has 7 heteroatoms. The Hall–Kier alpha value is -2.54. The zero-order chi connectivity index (χ0) is 21.4. The van der Waals surface area contributed by atoms with Crippen LogP contribution in [-0.2, 0) is 30.6 Å². The number of benzene rings is 1. The van der Waals surface area contributed by atoms with Crippen molar-refractivity contribution in [1.29, 1.82) is 0 Å². The third-order valence-corrected chi connectivity index (χ3v) is 6.78. The number of halogens is 1. The molecule has 158 valence electrons. The summed E-state index contributed by atoms with van der Waals surface area (Å²) in [4.78, 5) is 20.9. The molecular formula is C23H27FN4OS. The summed E-state index contributed by atoms with van der Waals surface area (Å²) in [5.41, 5.74) is 5.02. The van der Waals surface area contributed by atoms with Crippen LogP contribution >= 0.6 is 11.3 Å². The molecule has 4 rings (SSSR count). The number of aromatic nitrogens is 3. The number of hydrogen-bond donors (Lipinski definition) is 0.